The Morgan fingerprint density at radius 2 is 2.10 bits per heavy atom. The summed E-state index contributed by atoms with van der Waals surface area (Å²) in [6.07, 6.45) is 1.74. The van der Waals surface area contributed by atoms with Crippen molar-refractivity contribution in [2.75, 3.05) is 26.7 Å². The highest BCUT2D eigenvalue weighted by molar-refractivity contribution is 5.73. The first-order valence-corrected chi connectivity index (χ1v) is 7.43. The zero-order chi connectivity index (χ0) is 15.2. The molecule has 5 heteroatoms. The van der Waals surface area contributed by atoms with Crippen molar-refractivity contribution in [3.8, 4) is 5.75 Å². The van der Waals surface area contributed by atoms with Crippen LogP contribution in [-0.4, -0.2) is 48.9 Å². The van der Waals surface area contributed by atoms with Gasteiger partial charge in [-0.3, -0.25) is 0 Å². The first kappa shape index (κ1) is 15.6. The fourth-order valence-corrected chi connectivity index (χ4v) is 2.09. The number of likely N-dealkylation sites (N-methyl/N-ethyl adjacent to an activating group) is 1. The summed E-state index contributed by atoms with van der Waals surface area (Å²) in [6.45, 7) is 3.27. The molecule has 1 aliphatic rings. The van der Waals surface area contributed by atoms with Gasteiger partial charge in [-0.25, -0.2) is 4.79 Å². The van der Waals surface area contributed by atoms with E-state index in [9.17, 15) is 9.90 Å². The molecule has 0 saturated heterocycles. The molecule has 2 rings (SSSR count). The molecule has 0 aromatic heterocycles. The molecular formula is C16H24N2O3. The fourth-order valence-electron chi connectivity index (χ4n) is 2.09. The Bertz CT molecular complexity index is 457. The number of aliphatic hydroxyl groups is 1. The number of hydrogen-bond donors (Lipinski definition) is 2. The largest absolute Gasteiger partial charge is 0.492 e. The van der Waals surface area contributed by atoms with Crippen molar-refractivity contribution in [2.24, 2.45) is 5.92 Å². The van der Waals surface area contributed by atoms with Gasteiger partial charge in [0.05, 0.1) is 12.6 Å². The van der Waals surface area contributed by atoms with E-state index in [4.69, 9.17) is 4.74 Å². The number of ether oxygens (including phenoxy) is 1. The number of amides is 2. The van der Waals surface area contributed by atoms with Crippen molar-refractivity contribution in [3.63, 3.8) is 0 Å². The van der Waals surface area contributed by atoms with Crippen LogP contribution in [-0.2, 0) is 0 Å². The second kappa shape index (κ2) is 7.31. The van der Waals surface area contributed by atoms with Gasteiger partial charge in [-0.15, -0.1) is 0 Å². The lowest BCUT2D eigenvalue weighted by Gasteiger charge is -2.21. The third-order valence-corrected chi connectivity index (χ3v) is 3.64. The average Bonchev–Trinajstić information content (AvgIpc) is 3.29. The summed E-state index contributed by atoms with van der Waals surface area (Å²) in [6, 6.07) is 7.62. The van der Waals surface area contributed by atoms with E-state index in [1.807, 2.05) is 31.2 Å². The summed E-state index contributed by atoms with van der Waals surface area (Å²) in [4.78, 5) is 13.3. The Morgan fingerprint density at radius 1 is 1.43 bits per heavy atom. The lowest BCUT2D eigenvalue weighted by atomic mass is 10.2. The molecule has 116 valence electrons. The quantitative estimate of drug-likeness (QED) is 0.753. The molecule has 0 bridgehead atoms. The molecule has 0 radical (unpaired) electrons. The van der Waals surface area contributed by atoms with Crippen LogP contribution in [0, 0.1) is 12.8 Å². The summed E-state index contributed by atoms with van der Waals surface area (Å²) in [5.74, 6) is 1.18. The smallest absolute Gasteiger partial charge is 0.317 e. The van der Waals surface area contributed by atoms with Gasteiger partial charge in [-0.05, 0) is 37.8 Å². The van der Waals surface area contributed by atoms with E-state index in [1.165, 1.54) is 10.5 Å². The highest BCUT2D eigenvalue weighted by atomic mass is 16.5. The van der Waals surface area contributed by atoms with Gasteiger partial charge >= 0.3 is 6.03 Å². The van der Waals surface area contributed by atoms with Crippen LogP contribution in [0.4, 0.5) is 4.79 Å². The standard InChI is InChI=1S/C16H24N2O3/c1-12-3-7-14(8-4-12)21-10-9-17-16(20)18(2)11-15(19)13-5-6-13/h3-4,7-8,13,15,19H,5-6,9-11H2,1-2H3,(H,17,20). The molecule has 1 unspecified atom stereocenters. The van der Waals surface area contributed by atoms with Gasteiger partial charge in [-0.1, -0.05) is 17.7 Å². The minimum atomic E-state index is -0.399. The molecule has 1 aromatic rings. The Hall–Kier alpha value is -1.75. The van der Waals surface area contributed by atoms with Crippen LogP contribution in [0.3, 0.4) is 0 Å². The van der Waals surface area contributed by atoms with Crippen LogP contribution in [0.5, 0.6) is 5.75 Å². The van der Waals surface area contributed by atoms with Crippen LogP contribution in [0.2, 0.25) is 0 Å². The van der Waals surface area contributed by atoms with Gasteiger partial charge in [0.2, 0.25) is 0 Å². The van der Waals surface area contributed by atoms with Crippen LogP contribution in [0.15, 0.2) is 24.3 Å². The minimum absolute atomic E-state index is 0.179. The van der Waals surface area contributed by atoms with Crippen molar-refractivity contribution in [2.45, 2.75) is 25.9 Å². The summed E-state index contributed by atoms with van der Waals surface area (Å²) < 4.78 is 5.54. The van der Waals surface area contributed by atoms with E-state index in [2.05, 4.69) is 5.32 Å². The molecule has 0 heterocycles. The average molecular weight is 292 g/mol. The predicted molar refractivity (Wildman–Crippen MR) is 81.4 cm³/mol. The zero-order valence-corrected chi connectivity index (χ0v) is 12.7. The van der Waals surface area contributed by atoms with Crippen LogP contribution in [0.1, 0.15) is 18.4 Å². The number of rotatable bonds is 7. The summed E-state index contributed by atoms with van der Waals surface area (Å²) in [5.41, 5.74) is 1.19. The van der Waals surface area contributed by atoms with Gasteiger partial charge < -0.3 is 20.1 Å². The number of urea groups is 1. The molecule has 1 aromatic carbocycles. The van der Waals surface area contributed by atoms with E-state index in [-0.39, 0.29) is 6.03 Å². The Kier molecular flexibility index (Phi) is 5.44. The molecule has 1 atom stereocenters. The number of aliphatic hydroxyl groups excluding tert-OH is 1. The monoisotopic (exact) mass is 292 g/mol. The molecule has 0 aliphatic heterocycles. The second-order valence-electron chi connectivity index (χ2n) is 5.68. The lowest BCUT2D eigenvalue weighted by molar-refractivity contribution is 0.113. The maximum Gasteiger partial charge on any atom is 0.317 e. The predicted octanol–water partition coefficient (Wildman–Crippen LogP) is 1.79. The number of carbonyl (C=O) groups is 1. The van der Waals surface area contributed by atoms with Gasteiger partial charge in [0, 0.05) is 13.6 Å². The fraction of sp³-hybridized carbons (Fsp3) is 0.562. The van der Waals surface area contributed by atoms with Crippen molar-refractivity contribution >= 4 is 6.03 Å². The maximum atomic E-state index is 11.8. The molecule has 21 heavy (non-hydrogen) atoms. The third kappa shape index (κ3) is 5.27. The summed E-state index contributed by atoms with van der Waals surface area (Å²) >= 11 is 0. The first-order chi connectivity index (χ1) is 10.1. The maximum absolute atomic E-state index is 11.8. The van der Waals surface area contributed by atoms with E-state index >= 15 is 0 Å². The van der Waals surface area contributed by atoms with Gasteiger partial charge in [-0.2, -0.15) is 0 Å². The van der Waals surface area contributed by atoms with Crippen molar-refractivity contribution < 1.29 is 14.6 Å². The number of nitrogens with one attached hydrogen (secondary N) is 1. The molecule has 1 saturated carbocycles. The zero-order valence-electron chi connectivity index (χ0n) is 12.7. The van der Waals surface area contributed by atoms with Crippen LogP contribution >= 0.6 is 0 Å². The minimum Gasteiger partial charge on any atom is -0.492 e. The third-order valence-electron chi connectivity index (χ3n) is 3.64. The van der Waals surface area contributed by atoms with Gasteiger partial charge in [0.25, 0.3) is 0 Å². The number of aryl methyl sites for hydroxylation is 1. The molecule has 1 fully saturated rings. The number of hydrogen-bond acceptors (Lipinski definition) is 3. The van der Waals surface area contributed by atoms with E-state index < -0.39 is 6.10 Å². The van der Waals surface area contributed by atoms with Crippen molar-refractivity contribution in [1.82, 2.24) is 10.2 Å². The highest BCUT2D eigenvalue weighted by Gasteiger charge is 2.31. The molecule has 0 spiro atoms. The van der Waals surface area contributed by atoms with E-state index in [1.54, 1.807) is 7.05 Å². The van der Waals surface area contributed by atoms with E-state index in [0.717, 1.165) is 18.6 Å². The van der Waals surface area contributed by atoms with Crippen molar-refractivity contribution in [3.05, 3.63) is 29.8 Å². The first-order valence-electron chi connectivity index (χ1n) is 7.43. The molecule has 2 amide bonds. The number of carbonyl (C=O) groups excluding carboxylic acids is 1. The summed E-state index contributed by atoms with van der Waals surface area (Å²) in [5, 5.41) is 12.6. The van der Waals surface area contributed by atoms with Gasteiger partial charge in [0.1, 0.15) is 12.4 Å². The Balaban J connectivity index is 1.60. The molecule has 2 N–H and O–H groups in total. The van der Waals surface area contributed by atoms with Crippen LogP contribution in [0.25, 0.3) is 0 Å². The SMILES string of the molecule is Cc1ccc(OCCNC(=O)N(C)CC(O)C2CC2)cc1. The molecule has 5 nitrogen and oxygen atoms in total. The summed E-state index contributed by atoms with van der Waals surface area (Å²) in [7, 11) is 1.70. The van der Waals surface area contributed by atoms with E-state index in [0.29, 0.717) is 25.6 Å². The normalized spacial score (nSPS) is 15.4. The Morgan fingerprint density at radius 3 is 2.71 bits per heavy atom. The number of benzene rings is 1. The lowest BCUT2D eigenvalue weighted by Crippen LogP contribution is -2.43. The molecule has 1 aliphatic carbocycles. The highest BCUT2D eigenvalue weighted by Crippen LogP contribution is 2.32. The molecular weight excluding hydrogens is 268 g/mol. The van der Waals surface area contributed by atoms with Crippen LogP contribution < -0.4 is 10.1 Å². The second-order valence-corrected chi connectivity index (χ2v) is 5.68. The van der Waals surface area contributed by atoms with Crippen molar-refractivity contribution in [1.29, 1.82) is 0 Å². The topological polar surface area (TPSA) is 61.8 Å². The Labute approximate surface area is 125 Å². The number of nitrogens with zero attached hydrogens (tertiary/aromatic N) is 1. The van der Waals surface area contributed by atoms with Gasteiger partial charge in [0.15, 0.2) is 0 Å².